The predicted molar refractivity (Wildman–Crippen MR) is 91.1 cm³/mol. The van der Waals surface area contributed by atoms with E-state index in [0.29, 0.717) is 5.69 Å². The van der Waals surface area contributed by atoms with Crippen LogP contribution in [0.4, 0.5) is 10.1 Å². The van der Waals surface area contributed by atoms with Crippen molar-refractivity contribution in [2.45, 2.75) is 0 Å². The summed E-state index contributed by atoms with van der Waals surface area (Å²) in [5.74, 6) is -1.17. The van der Waals surface area contributed by atoms with E-state index in [1.54, 1.807) is 12.1 Å². The van der Waals surface area contributed by atoms with Gasteiger partial charge in [-0.3, -0.25) is 9.89 Å². The fourth-order valence-electron chi connectivity index (χ4n) is 2.00. The molecule has 0 saturated heterocycles. The van der Waals surface area contributed by atoms with Crippen LogP contribution in [0.3, 0.4) is 0 Å². The van der Waals surface area contributed by atoms with Crippen LogP contribution in [0.25, 0.3) is 11.3 Å². The van der Waals surface area contributed by atoms with Crippen LogP contribution in [-0.2, 0) is 0 Å². The Balaban J connectivity index is 1.81. The number of nitrogens with one attached hydrogen (secondary N) is 2. The highest BCUT2D eigenvalue weighted by Gasteiger charge is 2.14. The fraction of sp³-hybridized carbons (Fsp3) is 0. The first-order valence-electron chi connectivity index (χ1n) is 6.61. The maximum absolute atomic E-state index is 13.8. The van der Waals surface area contributed by atoms with Gasteiger partial charge in [-0.1, -0.05) is 45.7 Å². The molecule has 2 aromatic carbocycles. The molecule has 2 N–H and O–H groups in total. The molecule has 0 spiro atoms. The number of halogens is 3. The van der Waals surface area contributed by atoms with Crippen molar-refractivity contribution < 1.29 is 9.18 Å². The standard InChI is InChI=1S/C16H10BrClFN3O/c17-10-6-4-9(5-7-10)13-8-14(22-21-13)16(23)20-12-3-1-2-11(18)15(12)19/h1-8H,(H,20,23)(H,21,22). The normalized spacial score (nSPS) is 10.6. The number of nitrogens with zero attached hydrogens (tertiary/aromatic N) is 1. The summed E-state index contributed by atoms with van der Waals surface area (Å²) in [7, 11) is 0. The van der Waals surface area contributed by atoms with Gasteiger partial charge in [0.1, 0.15) is 5.69 Å². The predicted octanol–water partition coefficient (Wildman–Crippen LogP) is 4.88. The van der Waals surface area contributed by atoms with Crippen LogP contribution in [0.15, 0.2) is 53.0 Å². The number of rotatable bonds is 3. The third kappa shape index (κ3) is 3.43. The quantitative estimate of drug-likeness (QED) is 0.665. The molecule has 0 atom stereocenters. The number of benzene rings is 2. The van der Waals surface area contributed by atoms with Gasteiger partial charge in [0.05, 0.1) is 16.4 Å². The summed E-state index contributed by atoms with van der Waals surface area (Å²) in [5, 5.41) is 9.15. The van der Waals surface area contributed by atoms with Gasteiger partial charge in [-0.2, -0.15) is 5.10 Å². The zero-order valence-corrected chi connectivity index (χ0v) is 14.0. The summed E-state index contributed by atoms with van der Waals surface area (Å²) in [6.07, 6.45) is 0. The van der Waals surface area contributed by atoms with E-state index in [4.69, 9.17) is 11.6 Å². The lowest BCUT2D eigenvalue weighted by molar-refractivity contribution is 0.102. The zero-order chi connectivity index (χ0) is 16.4. The molecule has 0 aliphatic carbocycles. The molecular weight excluding hydrogens is 385 g/mol. The van der Waals surface area contributed by atoms with Crippen molar-refractivity contribution in [2.75, 3.05) is 5.32 Å². The Bertz CT molecular complexity index is 864. The van der Waals surface area contributed by atoms with Gasteiger partial charge in [0.2, 0.25) is 0 Å². The average Bonchev–Trinajstić information content (AvgIpc) is 3.02. The number of amides is 1. The van der Waals surface area contributed by atoms with Crippen LogP contribution < -0.4 is 5.32 Å². The van der Waals surface area contributed by atoms with Crippen molar-refractivity contribution in [3.8, 4) is 11.3 Å². The van der Waals surface area contributed by atoms with E-state index < -0.39 is 11.7 Å². The summed E-state index contributed by atoms with van der Waals surface area (Å²) >= 11 is 9.05. The van der Waals surface area contributed by atoms with E-state index in [9.17, 15) is 9.18 Å². The minimum absolute atomic E-state index is 0.0160. The van der Waals surface area contributed by atoms with E-state index in [1.165, 1.54) is 12.1 Å². The highest BCUT2D eigenvalue weighted by Crippen LogP contribution is 2.23. The van der Waals surface area contributed by atoms with Crippen LogP contribution in [0, 0.1) is 5.82 Å². The number of H-pyrrole nitrogens is 1. The Morgan fingerprint density at radius 2 is 1.96 bits per heavy atom. The second kappa shape index (κ2) is 6.52. The molecule has 0 unspecified atom stereocenters. The van der Waals surface area contributed by atoms with Crippen LogP contribution in [0.1, 0.15) is 10.5 Å². The van der Waals surface area contributed by atoms with E-state index in [-0.39, 0.29) is 16.4 Å². The first-order valence-corrected chi connectivity index (χ1v) is 7.78. The molecule has 0 fully saturated rings. The van der Waals surface area contributed by atoms with Crippen molar-refractivity contribution in [3.63, 3.8) is 0 Å². The largest absolute Gasteiger partial charge is 0.318 e. The second-order valence-electron chi connectivity index (χ2n) is 4.73. The zero-order valence-electron chi connectivity index (χ0n) is 11.6. The fourth-order valence-corrected chi connectivity index (χ4v) is 2.44. The number of aromatic nitrogens is 2. The van der Waals surface area contributed by atoms with Gasteiger partial charge >= 0.3 is 0 Å². The molecule has 4 nitrogen and oxygen atoms in total. The smallest absolute Gasteiger partial charge is 0.273 e. The van der Waals surface area contributed by atoms with E-state index in [1.807, 2.05) is 24.3 Å². The lowest BCUT2D eigenvalue weighted by Crippen LogP contribution is -2.13. The Morgan fingerprint density at radius 3 is 2.70 bits per heavy atom. The molecule has 7 heteroatoms. The van der Waals surface area contributed by atoms with E-state index >= 15 is 0 Å². The van der Waals surface area contributed by atoms with Gasteiger partial charge in [-0.25, -0.2) is 4.39 Å². The molecule has 3 aromatic rings. The summed E-state index contributed by atoms with van der Waals surface area (Å²) in [6, 6.07) is 13.5. The van der Waals surface area contributed by atoms with Crippen LogP contribution in [-0.4, -0.2) is 16.1 Å². The second-order valence-corrected chi connectivity index (χ2v) is 6.05. The van der Waals surface area contributed by atoms with Crippen molar-refractivity contribution in [1.82, 2.24) is 10.2 Å². The molecule has 0 aliphatic heterocycles. The number of aromatic amines is 1. The Kier molecular flexibility index (Phi) is 4.45. The monoisotopic (exact) mass is 393 g/mol. The summed E-state index contributed by atoms with van der Waals surface area (Å²) in [4.78, 5) is 12.2. The summed E-state index contributed by atoms with van der Waals surface area (Å²) in [5.41, 5.74) is 1.72. The third-order valence-electron chi connectivity index (χ3n) is 3.16. The number of carbonyl (C=O) groups is 1. The van der Waals surface area contributed by atoms with Crippen molar-refractivity contribution >= 4 is 39.1 Å². The Morgan fingerprint density at radius 1 is 1.22 bits per heavy atom. The molecule has 1 aromatic heterocycles. The summed E-state index contributed by atoms with van der Waals surface area (Å²) < 4.78 is 14.8. The minimum Gasteiger partial charge on any atom is -0.318 e. The van der Waals surface area contributed by atoms with Gasteiger partial charge in [0, 0.05) is 10.0 Å². The van der Waals surface area contributed by atoms with Crippen LogP contribution >= 0.6 is 27.5 Å². The first-order chi connectivity index (χ1) is 11.0. The minimum atomic E-state index is -0.671. The molecule has 0 saturated carbocycles. The molecule has 116 valence electrons. The van der Waals surface area contributed by atoms with Gasteiger partial charge < -0.3 is 5.32 Å². The SMILES string of the molecule is O=C(Nc1cccc(Cl)c1F)c1cc(-c2ccc(Br)cc2)n[nH]1. The summed E-state index contributed by atoms with van der Waals surface area (Å²) in [6.45, 7) is 0. The number of hydrogen-bond acceptors (Lipinski definition) is 2. The van der Waals surface area contributed by atoms with Crippen molar-refractivity contribution in [2.24, 2.45) is 0 Å². The molecule has 0 aliphatic rings. The molecule has 1 amide bonds. The van der Waals surface area contributed by atoms with Crippen molar-refractivity contribution in [1.29, 1.82) is 0 Å². The lowest BCUT2D eigenvalue weighted by atomic mass is 10.1. The van der Waals surface area contributed by atoms with E-state index in [2.05, 4.69) is 31.4 Å². The highest BCUT2D eigenvalue weighted by atomic mass is 79.9. The van der Waals surface area contributed by atoms with Crippen molar-refractivity contribution in [3.05, 3.63) is 69.5 Å². The maximum atomic E-state index is 13.8. The molecule has 23 heavy (non-hydrogen) atoms. The molecule has 1 heterocycles. The van der Waals surface area contributed by atoms with Gasteiger partial charge in [-0.15, -0.1) is 0 Å². The average molecular weight is 395 g/mol. The van der Waals surface area contributed by atoms with Gasteiger partial charge in [0.25, 0.3) is 5.91 Å². The highest BCUT2D eigenvalue weighted by molar-refractivity contribution is 9.10. The molecular formula is C16H10BrClFN3O. The third-order valence-corrected chi connectivity index (χ3v) is 3.98. The number of anilines is 1. The topological polar surface area (TPSA) is 57.8 Å². The van der Waals surface area contributed by atoms with Gasteiger partial charge in [-0.05, 0) is 30.3 Å². The molecule has 0 radical (unpaired) electrons. The molecule has 0 bridgehead atoms. The number of hydrogen-bond donors (Lipinski definition) is 2. The number of carbonyl (C=O) groups excluding carboxylic acids is 1. The van der Waals surface area contributed by atoms with Crippen LogP contribution in [0.5, 0.6) is 0 Å². The maximum Gasteiger partial charge on any atom is 0.273 e. The van der Waals surface area contributed by atoms with E-state index in [0.717, 1.165) is 10.0 Å². The Hall–Kier alpha value is -2.18. The lowest BCUT2D eigenvalue weighted by Gasteiger charge is -2.05. The van der Waals surface area contributed by atoms with Crippen LogP contribution in [0.2, 0.25) is 5.02 Å². The van der Waals surface area contributed by atoms with Gasteiger partial charge in [0.15, 0.2) is 5.82 Å². The molecule has 3 rings (SSSR count). The Labute approximate surface area is 144 Å². The first kappa shape index (κ1) is 15.7.